The van der Waals surface area contributed by atoms with Gasteiger partial charge in [-0.15, -0.1) is 0 Å². The lowest BCUT2D eigenvalue weighted by Gasteiger charge is -2.23. The van der Waals surface area contributed by atoms with Crippen LogP contribution in [0.25, 0.3) is 0 Å². The first kappa shape index (κ1) is 14.4. The van der Waals surface area contributed by atoms with Crippen molar-refractivity contribution in [1.82, 2.24) is 9.99 Å². The van der Waals surface area contributed by atoms with Gasteiger partial charge in [0.15, 0.2) is 0 Å². The molecular weight excluding hydrogens is 274 g/mol. The molecule has 1 aliphatic heterocycles. The SMILES string of the molecule is Cc1ccc(C2=NN(CCc3ccccn3)C(=O)CC2)cc1. The summed E-state index contributed by atoms with van der Waals surface area (Å²) in [5, 5.41) is 6.14. The first-order chi connectivity index (χ1) is 10.7. The summed E-state index contributed by atoms with van der Waals surface area (Å²) in [6, 6.07) is 14.1. The molecule has 22 heavy (non-hydrogen) atoms. The standard InChI is InChI=1S/C18H19N3O/c1-14-5-7-15(8-6-14)17-9-10-18(22)21(20-17)13-11-16-4-2-3-12-19-16/h2-8,12H,9-11,13H2,1H3. The summed E-state index contributed by atoms with van der Waals surface area (Å²) in [6.45, 7) is 2.64. The van der Waals surface area contributed by atoms with Crippen LogP contribution in [-0.4, -0.2) is 28.2 Å². The molecule has 112 valence electrons. The van der Waals surface area contributed by atoms with Crippen molar-refractivity contribution in [3.63, 3.8) is 0 Å². The van der Waals surface area contributed by atoms with Crippen molar-refractivity contribution in [2.45, 2.75) is 26.2 Å². The van der Waals surface area contributed by atoms with E-state index in [0.717, 1.165) is 23.4 Å². The number of amides is 1. The van der Waals surface area contributed by atoms with Gasteiger partial charge < -0.3 is 0 Å². The van der Waals surface area contributed by atoms with Crippen LogP contribution in [0.3, 0.4) is 0 Å². The molecule has 0 spiro atoms. The number of rotatable bonds is 4. The van der Waals surface area contributed by atoms with E-state index in [1.807, 2.05) is 18.2 Å². The van der Waals surface area contributed by atoms with Gasteiger partial charge in [-0.25, -0.2) is 5.01 Å². The number of benzene rings is 1. The summed E-state index contributed by atoms with van der Waals surface area (Å²) in [7, 11) is 0. The topological polar surface area (TPSA) is 45.6 Å². The van der Waals surface area contributed by atoms with E-state index in [4.69, 9.17) is 0 Å². The van der Waals surface area contributed by atoms with Crippen molar-refractivity contribution < 1.29 is 4.79 Å². The minimum absolute atomic E-state index is 0.0896. The number of hydrazone groups is 1. The van der Waals surface area contributed by atoms with Gasteiger partial charge in [0, 0.05) is 31.2 Å². The molecule has 0 radical (unpaired) electrons. The smallest absolute Gasteiger partial charge is 0.243 e. The molecule has 0 aliphatic carbocycles. The van der Waals surface area contributed by atoms with Crippen LogP contribution in [0.15, 0.2) is 53.8 Å². The highest BCUT2D eigenvalue weighted by Crippen LogP contribution is 2.16. The lowest BCUT2D eigenvalue weighted by molar-refractivity contribution is -0.131. The van der Waals surface area contributed by atoms with Crippen LogP contribution >= 0.6 is 0 Å². The van der Waals surface area contributed by atoms with Gasteiger partial charge in [-0.2, -0.15) is 5.10 Å². The highest BCUT2D eigenvalue weighted by atomic mass is 16.2. The monoisotopic (exact) mass is 293 g/mol. The zero-order valence-electron chi connectivity index (χ0n) is 12.7. The number of hydrogen-bond donors (Lipinski definition) is 0. The summed E-state index contributed by atoms with van der Waals surface area (Å²) in [5.41, 5.74) is 4.29. The number of nitrogens with zero attached hydrogens (tertiary/aromatic N) is 3. The Hall–Kier alpha value is -2.49. The van der Waals surface area contributed by atoms with Gasteiger partial charge in [0.25, 0.3) is 0 Å². The van der Waals surface area contributed by atoms with E-state index in [2.05, 4.69) is 41.3 Å². The molecule has 0 saturated heterocycles. The zero-order valence-corrected chi connectivity index (χ0v) is 12.7. The Balaban J connectivity index is 1.73. The molecule has 0 N–H and O–H groups in total. The average Bonchev–Trinajstić information content (AvgIpc) is 2.56. The highest BCUT2D eigenvalue weighted by Gasteiger charge is 2.21. The van der Waals surface area contributed by atoms with E-state index in [-0.39, 0.29) is 5.91 Å². The molecule has 1 amide bonds. The molecule has 3 rings (SSSR count). The molecule has 4 heteroatoms. The number of pyridine rings is 1. The Labute approximate surface area is 130 Å². The molecule has 0 bridgehead atoms. The first-order valence-electron chi connectivity index (χ1n) is 7.57. The third-order valence-electron chi connectivity index (χ3n) is 3.80. The van der Waals surface area contributed by atoms with Crippen molar-refractivity contribution in [2.75, 3.05) is 6.54 Å². The molecule has 2 aromatic rings. The Morgan fingerprint density at radius 2 is 1.91 bits per heavy atom. The predicted octanol–water partition coefficient (Wildman–Crippen LogP) is 2.96. The van der Waals surface area contributed by atoms with E-state index >= 15 is 0 Å². The quantitative estimate of drug-likeness (QED) is 0.870. The maximum atomic E-state index is 12.0. The molecule has 0 saturated carbocycles. The average molecular weight is 293 g/mol. The summed E-state index contributed by atoms with van der Waals surface area (Å²) in [6.07, 6.45) is 3.72. The second-order valence-corrected chi connectivity index (χ2v) is 5.50. The largest absolute Gasteiger partial charge is 0.273 e. The van der Waals surface area contributed by atoms with Crippen molar-refractivity contribution in [3.05, 3.63) is 65.5 Å². The molecule has 1 aliphatic rings. The fourth-order valence-electron chi connectivity index (χ4n) is 2.50. The summed E-state index contributed by atoms with van der Waals surface area (Å²) < 4.78 is 0. The summed E-state index contributed by atoms with van der Waals surface area (Å²) >= 11 is 0. The Kier molecular flexibility index (Phi) is 4.28. The third kappa shape index (κ3) is 3.39. The van der Waals surface area contributed by atoms with E-state index in [0.29, 0.717) is 19.4 Å². The molecule has 4 nitrogen and oxygen atoms in total. The molecule has 0 atom stereocenters. The molecule has 0 unspecified atom stereocenters. The van der Waals surface area contributed by atoms with Crippen LogP contribution in [0.2, 0.25) is 0 Å². The van der Waals surface area contributed by atoms with Gasteiger partial charge >= 0.3 is 0 Å². The normalized spacial score (nSPS) is 14.9. The molecule has 2 heterocycles. The fourth-order valence-corrected chi connectivity index (χ4v) is 2.50. The van der Waals surface area contributed by atoms with Crippen LogP contribution in [0.1, 0.15) is 29.7 Å². The van der Waals surface area contributed by atoms with Gasteiger partial charge in [-0.3, -0.25) is 9.78 Å². The maximum absolute atomic E-state index is 12.0. The van der Waals surface area contributed by atoms with Gasteiger partial charge in [0.1, 0.15) is 0 Å². The zero-order chi connectivity index (χ0) is 15.4. The van der Waals surface area contributed by atoms with Crippen molar-refractivity contribution >= 4 is 11.6 Å². The van der Waals surface area contributed by atoms with Crippen LogP contribution in [0, 0.1) is 6.92 Å². The second-order valence-electron chi connectivity index (χ2n) is 5.50. The number of carbonyl (C=O) groups is 1. The highest BCUT2D eigenvalue weighted by molar-refractivity contribution is 6.04. The first-order valence-corrected chi connectivity index (χ1v) is 7.57. The minimum atomic E-state index is 0.0896. The van der Waals surface area contributed by atoms with E-state index < -0.39 is 0 Å². The summed E-state index contributed by atoms with van der Waals surface area (Å²) in [5.74, 6) is 0.0896. The predicted molar refractivity (Wildman–Crippen MR) is 86.6 cm³/mol. The van der Waals surface area contributed by atoms with Crippen molar-refractivity contribution in [1.29, 1.82) is 0 Å². The second kappa shape index (κ2) is 6.52. The maximum Gasteiger partial charge on any atom is 0.243 e. The minimum Gasteiger partial charge on any atom is -0.273 e. The molecule has 0 fully saturated rings. The Morgan fingerprint density at radius 1 is 1.09 bits per heavy atom. The number of carbonyl (C=O) groups excluding carboxylic acids is 1. The molecule has 1 aromatic heterocycles. The fraction of sp³-hybridized carbons (Fsp3) is 0.278. The molecule has 1 aromatic carbocycles. The van der Waals surface area contributed by atoms with Gasteiger partial charge in [-0.05, 0) is 24.6 Å². The third-order valence-corrected chi connectivity index (χ3v) is 3.80. The van der Waals surface area contributed by atoms with Crippen LogP contribution < -0.4 is 0 Å². The number of hydrogen-bond acceptors (Lipinski definition) is 3. The van der Waals surface area contributed by atoms with E-state index in [1.165, 1.54) is 5.56 Å². The van der Waals surface area contributed by atoms with Gasteiger partial charge in [0.05, 0.1) is 12.3 Å². The lowest BCUT2D eigenvalue weighted by Crippen LogP contribution is -2.33. The Morgan fingerprint density at radius 3 is 2.64 bits per heavy atom. The van der Waals surface area contributed by atoms with E-state index in [1.54, 1.807) is 11.2 Å². The number of aromatic nitrogens is 1. The van der Waals surface area contributed by atoms with Gasteiger partial charge in [-0.1, -0.05) is 35.9 Å². The van der Waals surface area contributed by atoms with Crippen LogP contribution in [-0.2, 0) is 11.2 Å². The number of aryl methyl sites for hydroxylation is 1. The Bertz CT molecular complexity index is 677. The van der Waals surface area contributed by atoms with Crippen LogP contribution in [0.4, 0.5) is 0 Å². The van der Waals surface area contributed by atoms with Crippen LogP contribution in [0.5, 0.6) is 0 Å². The van der Waals surface area contributed by atoms with Crippen molar-refractivity contribution in [2.24, 2.45) is 5.10 Å². The van der Waals surface area contributed by atoms with Crippen molar-refractivity contribution in [3.8, 4) is 0 Å². The van der Waals surface area contributed by atoms with E-state index in [9.17, 15) is 4.79 Å². The lowest BCUT2D eigenvalue weighted by atomic mass is 10.0. The summed E-state index contributed by atoms with van der Waals surface area (Å²) in [4.78, 5) is 16.3. The molecular formula is C18H19N3O. The van der Waals surface area contributed by atoms with Gasteiger partial charge in [0.2, 0.25) is 5.91 Å².